The van der Waals surface area contributed by atoms with Crippen LogP contribution in [0.3, 0.4) is 0 Å². The van der Waals surface area contributed by atoms with Gasteiger partial charge in [0.05, 0.1) is 18.5 Å². The van der Waals surface area contributed by atoms with Crippen molar-refractivity contribution in [3.63, 3.8) is 0 Å². The van der Waals surface area contributed by atoms with Crippen molar-refractivity contribution in [2.24, 2.45) is 0 Å². The van der Waals surface area contributed by atoms with Crippen molar-refractivity contribution in [2.45, 2.75) is 26.0 Å². The summed E-state index contributed by atoms with van der Waals surface area (Å²) in [6.45, 7) is 2.11. The molecule has 3 rings (SSSR count). The first-order chi connectivity index (χ1) is 13.1. The fourth-order valence-corrected chi connectivity index (χ4v) is 3.18. The van der Waals surface area contributed by atoms with Gasteiger partial charge < -0.3 is 18.9 Å². The minimum Gasteiger partial charge on any atom is -0.493 e. The van der Waals surface area contributed by atoms with Crippen molar-refractivity contribution in [3.8, 4) is 22.2 Å². The zero-order chi connectivity index (χ0) is 19.2. The van der Waals surface area contributed by atoms with E-state index in [0.29, 0.717) is 29.6 Å². The van der Waals surface area contributed by atoms with Crippen LogP contribution in [0.4, 0.5) is 0 Å². The SMILES string of the molecule is CCC(Oc1ccccc1OC)C(=O)N(C)Cc1nc(-c2cccs2)no1. The molecule has 0 aliphatic heterocycles. The van der Waals surface area contributed by atoms with Crippen molar-refractivity contribution >= 4 is 17.2 Å². The molecular formula is C19H21N3O4S. The Morgan fingerprint density at radius 3 is 2.70 bits per heavy atom. The Hall–Kier alpha value is -2.87. The molecule has 1 amide bonds. The number of thiophene rings is 1. The summed E-state index contributed by atoms with van der Waals surface area (Å²) in [5.41, 5.74) is 0. The average Bonchev–Trinajstić information content (AvgIpc) is 3.37. The number of methoxy groups -OCH3 is 1. The summed E-state index contributed by atoms with van der Waals surface area (Å²) >= 11 is 1.53. The molecule has 2 aromatic heterocycles. The van der Waals surface area contributed by atoms with E-state index in [1.54, 1.807) is 26.3 Å². The van der Waals surface area contributed by atoms with Gasteiger partial charge in [0.25, 0.3) is 5.91 Å². The second kappa shape index (κ2) is 8.68. The van der Waals surface area contributed by atoms with Crippen LogP contribution < -0.4 is 9.47 Å². The van der Waals surface area contributed by atoms with Crippen molar-refractivity contribution in [2.75, 3.05) is 14.2 Å². The number of ether oxygens (including phenoxy) is 2. The van der Waals surface area contributed by atoms with Crippen molar-refractivity contribution in [3.05, 3.63) is 47.7 Å². The van der Waals surface area contributed by atoms with Crippen LogP contribution in [0, 0.1) is 0 Å². The molecule has 1 aromatic carbocycles. The van der Waals surface area contributed by atoms with Crippen molar-refractivity contribution in [1.29, 1.82) is 0 Å². The molecule has 0 fully saturated rings. The number of carbonyl (C=O) groups excluding carboxylic acids is 1. The zero-order valence-corrected chi connectivity index (χ0v) is 16.2. The van der Waals surface area contributed by atoms with E-state index in [2.05, 4.69) is 10.1 Å². The van der Waals surface area contributed by atoms with E-state index in [4.69, 9.17) is 14.0 Å². The number of hydrogen-bond acceptors (Lipinski definition) is 7. The first-order valence-electron chi connectivity index (χ1n) is 8.53. The number of benzene rings is 1. The Kier molecular flexibility index (Phi) is 6.08. The summed E-state index contributed by atoms with van der Waals surface area (Å²) < 4.78 is 16.4. The molecule has 0 N–H and O–H groups in total. The molecule has 3 aromatic rings. The molecule has 1 unspecified atom stereocenters. The van der Waals surface area contributed by atoms with Gasteiger partial charge in [-0.1, -0.05) is 30.3 Å². The normalized spacial score (nSPS) is 11.8. The van der Waals surface area contributed by atoms with Gasteiger partial charge in [0.1, 0.15) is 0 Å². The highest BCUT2D eigenvalue weighted by molar-refractivity contribution is 7.13. The number of nitrogens with zero attached hydrogens (tertiary/aromatic N) is 3. The molecular weight excluding hydrogens is 366 g/mol. The number of amides is 1. The molecule has 142 valence electrons. The van der Waals surface area contributed by atoms with Gasteiger partial charge >= 0.3 is 0 Å². The molecule has 0 radical (unpaired) electrons. The van der Waals surface area contributed by atoms with Crippen LogP contribution in [-0.2, 0) is 11.3 Å². The highest BCUT2D eigenvalue weighted by atomic mass is 32.1. The van der Waals surface area contributed by atoms with Crippen molar-refractivity contribution in [1.82, 2.24) is 15.0 Å². The van der Waals surface area contributed by atoms with E-state index in [0.717, 1.165) is 4.88 Å². The molecule has 0 aliphatic rings. The van der Waals surface area contributed by atoms with Crippen molar-refractivity contribution < 1.29 is 18.8 Å². The maximum absolute atomic E-state index is 12.8. The molecule has 8 heteroatoms. The first-order valence-corrected chi connectivity index (χ1v) is 9.41. The van der Waals surface area contributed by atoms with Crippen LogP contribution in [0.15, 0.2) is 46.3 Å². The van der Waals surface area contributed by atoms with E-state index < -0.39 is 6.10 Å². The molecule has 0 bridgehead atoms. The number of aromatic nitrogens is 2. The van der Waals surface area contributed by atoms with Gasteiger partial charge in [-0.15, -0.1) is 11.3 Å². The summed E-state index contributed by atoms with van der Waals surface area (Å²) in [7, 11) is 3.25. The Bertz CT molecular complexity index is 879. The fourth-order valence-electron chi connectivity index (χ4n) is 2.53. The van der Waals surface area contributed by atoms with Gasteiger partial charge in [-0.3, -0.25) is 4.79 Å². The Labute approximate surface area is 161 Å². The van der Waals surface area contributed by atoms with E-state index in [1.807, 2.05) is 36.6 Å². The summed E-state index contributed by atoms with van der Waals surface area (Å²) in [6.07, 6.45) is -0.114. The minimum atomic E-state index is -0.633. The topological polar surface area (TPSA) is 77.7 Å². The smallest absolute Gasteiger partial charge is 0.263 e. The largest absolute Gasteiger partial charge is 0.493 e. The molecule has 0 saturated carbocycles. The van der Waals surface area contributed by atoms with Gasteiger partial charge in [0.2, 0.25) is 11.7 Å². The summed E-state index contributed by atoms with van der Waals surface area (Å²) in [5, 5.41) is 5.91. The number of hydrogen-bond donors (Lipinski definition) is 0. The lowest BCUT2D eigenvalue weighted by atomic mass is 10.2. The number of likely N-dealkylation sites (N-methyl/N-ethyl adjacent to an activating group) is 1. The maximum Gasteiger partial charge on any atom is 0.263 e. The third kappa shape index (κ3) is 4.46. The monoisotopic (exact) mass is 387 g/mol. The van der Waals surface area contributed by atoms with E-state index in [-0.39, 0.29) is 12.5 Å². The van der Waals surface area contributed by atoms with Gasteiger partial charge in [-0.2, -0.15) is 4.98 Å². The predicted molar refractivity (Wildman–Crippen MR) is 102 cm³/mol. The molecule has 27 heavy (non-hydrogen) atoms. The third-order valence-electron chi connectivity index (χ3n) is 3.94. The maximum atomic E-state index is 12.8. The quantitative estimate of drug-likeness (QED) is 0.587. The second-order valence-electron chi connectivity index (χ2n) is 5.85. The van der Waals surface area contributed by atoms with Crippen LogP contribution in [0.2, 0.25) is 0 Å². The second-order valence-corrected chi connectivity index (χ2v) is 6.80. The van der Waals surface area contributed by atoms with Crippen LogP contribution in [0.5, 0.6) is 11.5 Å². The summed E-state index contributed by atoms with van der Waals surface area (Å²) in [4.78, 5) is 19.6. The third-order valence-corrected chi connectivity index (χ3v) is 4.81. The molecule has 0 saturated heterocycles. The summed E-state index contributed by atoms with van der Waals surface area (Å²) in [5.74, 6) is 1.86. The Morgan fingerprint density at radius 1 is 1.26 bits per heavy atom. The van der Waals surface area contributed by atoms with E-state index in [1.165, 1.54) is 16.2 Å². The van der Waals surface area contributed by atoms with Gasteiger partial charge in [0, 0.05) is 7.05 Å². The highest BCUT2D eigenvalue weighted by Crippen LogP contribution is 2.28. The molecule has 0 spiro atoms. The number of rotatable bonds is 8. The van der Waals surface area contributed by atoms with Crippen LogP contribution in [-0.4, -0.2) is 41.2 Å². The lowest BCUT2D eigenvalue weighted by Gasteiger charge is -2.23. The van der Waals surface area contributed by atoms with E-state index >= 15 is 0 Å². The molecule has 2 heterocycles. The zero-order valence-electron chi connectivity index (χ0n) is 15.4. The average molecular weight is 387 g/mol. The van der Waals surface area contributed by atoms with Gasteiger partial charge in [0.15, 0.2) is 17.6 Å². The first kappa shape index (κ1) is 18.9. The fraction of sp³-hybridized carbons (Fsp3) is 0.316. The van der Waals surface area contributed by atoms with Crippen LogP contribution in [0.1, 0.15) is 19.2 Å². The molecule has 1 atom stereocenters. The minimum absolute atomic E-state index is 0.167. The van der Waals surface area contributed by atoms with Crippen LogP contribution >= 0.6 is 11.3 Å². The Morgan fingerprint density at radius 2 is 2.04 bits per heavy atom. The lowest BCUT2D eigenvalue weighted by molar-refractivity contribution is -0.138. The molecule has 7 nitrogen and oxygen atoms in total. The number of para-hydroxylation sites is 2. The standard InChI is InChI=1S/C19H21N3O4S/c1-4-13(25-15-9-6-5-8-14(15)24-3)19(23)22(2)12-17-20-18(21-26-17)16-10-7-11-27-16/h5-11,13H,4,12H2,1-3H3. The Balaban J connectivity index is 1.66. The van der Waals surface area contributed by atoms with Gasteiger partial charge in [-0.05, 0) is 30.0 Å². The van der Waals surface area contributed by atoms with Crippen LogP contribution in [0.25, 0.3) is 10.7 Å². The van der Waals surface area contributed by atoms with Gasteiger partial charge in [-0.25, -0.2) is 0 Å². The van der Waals surface area contributed by atoms with E-state index in [9.17, 15) is 4.79 Å². The predicted octanol–water partition coefficient (Wildman–Crippen LogP) is 3.62. The highest BCUT2D eigenvalue weighted by Gasteiger charge is 2.25. The summed E-state index contributed by atoms with van der Waals surface area (Å²) in [6, 6.07) is 11.1. The lowest BCUT2D eigenvalue weighted by Crippen LogP contribution is -2.39. The molecule has 0 aliphatic carbocycles. The number of carbonyl (C=O) groups is 1.